The number of aromatic nitrogens is 3. The van der Waals surface area contributed by atoms with Crippen molar-refractivity contribution >= 4 is 16.7 Å². The summed E-state index contributed by atoms with van der Waals surface area (Å²) >= 11 is 0. The molecule has 1 saturated heterocycles. The number of rotatable bonds is 5. The Hall–Kier alpha value is -2.53. The minimum atomic E-state index is 0.713. The molecule has 5 heteroatoms. The molecule has 5 nitrogen and oxygen atoms in total. The van der Waals surface area contributed by atoms with Crippen molar-refractivity contribution in [2.24, 2.45) is 0 Å². The zero-order valence-corrected chi connectivity index (χ0v) is 13.7. The van der Waals surface area contributed by atoms with E-state index in [2.05, 4.69) is 21.3 Å². The van der Waals surface area contributed by atoms with Crippen LogP contribution in [0, 0.1) is 0 Å². The van der Waals surface area contributed by atoms with Crippen LogP contribution in [0.2, 0.25) is 0 Å². The lowest BCUT2D eigenvalue weighted by Gasteiger charge is -2.16. The van der Waals surface area contributed by atoms with Crippen LogP contribution in [0.15, 0.2) is 48.8 Å². The molecule has 0 amide bonds. The summed E-state index contributed by atoms with van der Waals surface area (Å²) in [6.45, 7) is 4.38. The Bertz CT molecular complexity index is 812. The minimum absolute atomic E-state index is 0.713. The van der Waals surface area contributed by atoms with Crippen molar-refractivity contribution in [2.45, 2.75) is 12.8 Å². The van der Waals surface area contributed by atoms with E-state index >= 15 is 0 Å². The lowest BCUT2D eigenvalue weighted by atomic mass is 10.2. The number of nitrogens with zero attached hydrogens (tertiary/aromatic N) is 4. The first-order valence-electron chi connectivity index (χ1n) is 8.53. The molecule has 3 heterocycles. The normalized spacial score (nSPS) is 15.0. The van der Waals surface area contributed by atoms with E-state index in [0.717, 1.165) is 35.4 Å². The van der Waals surface area contributed by atoms with Crippen LogP contribution < -0.4 is 5.32 Å². The molecule has 1 aliphatic heterocycles. The van der Waals surface area contributed by atoms with E-state index in [1.165, 1.54) is 25.9 Å². The summed E-state index contributed by atoms with van der Waals surface area (Å²) in [5.74, 6) is 1.61. The van der Waals surface area contributed by atoms with Gasteiger partial charge in [0.2, 0.25) is 0 Å². The van der Waals surface area contributed by atoms with E-state index in [1.54, 1.807) is 12.4 Å². The van der Waals surface area contributed by atoms with E-state index in [4.69, 9.17) is 9.97 Å². The summed E-state index contributed by atoms with van der Waals surface area (Å²) in [5, 5.41) is 4.57. The SMILES string of the molecule is c1cncc(-c2nc(NCCN3CCCC3)c3ccccc3n2)c1. The highest BCUT2D eigenvalue weighted by molar-refractivity contribution is 5.90. The summed E-state index contributed by atoms with van der Waals surface area (Å²) in [6.07, 6.45) is 6.21. The maximum absolute atomic E-state index is 4.75. The fourth-order valence-corrected chi connectivity index (χ4v) is 3.17. The van der Waals surface area contributed by atoms with Gasteiger partial charge in [-0.15, -0.1) is 0 Å². The van der Waals surface area contributed by atoms with Crippen molar-refractivity contribution in [3.05, 3.63) is 48.8 Å². The van der Waals surface area contributed by atoms with Crippen LogP contribution in [-0.4, -0.2) is 46.0 Å². The molecule has 0 radical (unpaired) electrons. The third-order valence-corrected chi connectivity index (χ3v) is 4.44. The molecule has 1 N–H and O–H groups in total. The second-order valence-electron chi connectivity index (χ2n) is 6.13. The van der Waals surface area contributed by atoms with Crippen LogP contribution in [0.25, 0.3) is 22.3 Å². The van der Waals surface area contributed by atoms with Gasteiger partial charge in [0, 0.05) is 36.4 Å². The Balaban J connectivity index is 1.62. The summed E-state index contributed by atoms with van der Waals surface area (Å²) in [6, 6.07) is 12.0. The average Bonchev–Trinajstić information content (AvgIpc) is 3.16. The first kappa shape index (κ1) is 15.0. The molecule has 0 atom stereocenters. The van der Waals surface area contributed by atoms with Crippen LogP contribution in [-0.2, 0) is 0 Å². The highest BCUT2D eigenvalue weighted by Crippen LogP contribution is 2.24. The summed E-state index contributed by atoms with van der Waals surface area (Å²) in [5.41, 5.74) is 1.89. The molecule has 0 unspecified atom stereocenters. The standard InChI is InChI=1S/C19H21N5/c1-2-8-17-16(7-1)19(21-10-13-24-11-3-4-12-24)23-18(22-17)15-6-5-9-20-14-15/h1-2,5-9,14H,3-4,10-13H2,(H,21,22,23). The number of anilines is 1. The molecular weight excluding hydrogens is 298 g/mol. The van der Waals surface area contributed by atoms with Gasteiger partial charge in [0.1, 0.15) is 5.82 Å². The number of para-hydroxylation sites is 1. The van der Waals surface area contributed by atoms with Gasteiger partial charge in [-0.05, 0) is 50.2 Å². The quantitative estimate of drug-likeness (QED) is 0.782. The highest BCUT2D eigenvalue weighted by atomic mass is 15.2. The Labute approximate surface area is 141 Å². The predicted octanol–water partition coefficient (Wildman–Crippen LogP) is 3.20. The van der Waals surface area contributed by atoms with Gasteiger partial charge in [-0.1, -0.05) is 12.1 Å². The Morgan fingerprint density at radius 3 is 2.71 bits per heavy atom. The van der Waals surface area contributed by atoms with Crippen LogP contribution >= 0.6 is 0 Å². The molecule has 3 aromatic rings. The lowest BCUT2D eigenvalue weighted by molar-refractivity contribution is 0.352. The zero-order valence-electron chi connectivity index (χ0n) is 13.7. The zero-order chi connectivity index (χ0) is 16.2. The number of likely N-dealkylation sites (tertiary alicyclic amines) is 1. The molecule has 4 rings (SSSR count). The van der Waals surface area contributed by atoms with Gasteiger partial charge in [-0.25, -0.2) is 9.97 Å². The number of fused-ring (bicyclic) bond motifs is 1. The maximum Gasteiger partial charge on any atom is 0.163 e. The van der Waals surface area contributed by atoms with E-state index in [1.807, 2.05) is 30.3 Å². The van der Waals surface area contributed by atoms with Crippen LogP contribution in [0.4, 0.5) is 5.82 Å². The highest BCUT2D eigenvalue weighted by Gasteiger charge is 2.12. The molecule has 0 spiro atoms. The first-order chi connectivity index (χ1) is 11.9. The van der Waals surface area contributed by atoms with E-state index in [0.29, 0.717) is 5.82 Å². The maximum atomic E-state index is 4.75. The van der Waals surface area contributed by atoms with Gasteiger partial charge < -0.3 is 10.2 Å². The Morgan fingerprint density at radius 2 is 1.88 bits per heavy atom. The molecular formula is C19H21N5. The van der Waals surface area contributed by atoms with Crippen molar-refractivity contribution in [3.8, 4) is 11.4 Å². The number of nitrogens with one attached hydrogen (secondary N) is 1. The number of hydrogen-bond acceptors (Lipinski definition) is 5. The molecule has 0 aliphatic carbocycles. The molecule has 1 aromatic carbocycles. The predicted molar refractivity (Wildman–Crippen MR) is 96.9 cm³/mol. The number of pyridine rings is 1. The number of hydrogen-bond donors (Lipinski definition) is 1. The Morgan fingerprint density at radius 1 is 1.00 bits per heavy atom. The van der Waals surface area contributed by atoms with Gasteiger partial charge in [0.15, 0.2) is 5.82 Å². The van der Waals surface area contributed by atoms with Gasteiger partial charge in [-0.2, -0.15) is 0 Å². The van der Waals surface area contributed by atoms with Gasteiger partial charge >= 0.3 is 0 Å². The molecule has 1 aliphatic rings. The topological polar surface area (TPSA) is 53.9 Å². The van der Waals surface area contributed by atoms with Gasteiger partial charge in [0.25, 0.3) is 0 Å². The fourth-order valence-electron chi connectivity index (χ4n) is 3.17. The summed E-state index contributed by atoms with van der Waals surface area (Å²) in [4.78, 5) is 16.1. The average molecular weight is 319 g/mol. The van der Waals surface area contributed by atoms with Crippen molar-refractivity contribution in [1.82, 2.24) is 19.9 Å². The smallest absolute Gasteiger partial charge is 0.163 e. The molecule has 122 valence electrons. The van der Waals surface area contributed by atoms with E-state index in [9.17, 15) is 0 Å². The van der Waals surface area contributed by atoms with E-state index in [-0.39, 0.29) is 0 Å². The molecule has 0 bridgehead atoms. The summed E-state index contributed by atoms with van der Waals surface area (Å²) < 4.78 is 0. The van der Waals surface area contributed by atoms with Crippen molar-refractivity contribution in [1.29, 1.82) is 0 Å². The largest absolute Gasteiger partial charge is 0.368 e. The molecule has 2 aromatic heterocycles. The second kappa shape index (κ2) is 6.93. The van der Waals surface area contributed by atoms with Crippen LogP contribution in [0.1, 0.15) is 12.8 Å². The fraction of sp³-hybridized carbons (Fsp3) is 0.316. The van der Waals surface area contributed by atoms with Crippen molar-refractivity contribution in [3.63, 3.8) is 0 Å². The van der Waals surface area contributed by atoms with Crippen LogP contribution in [0.3, 0.4) is 0 Å². The van der Waals surface area contributed by atoms with E-state index < -0.39 is 0 Å². The third kappa shape index (κ3) is 3.21. The Kier molecular flexibility index (Phi) is 4.34. The van der Waals surface area contributed by atoms with Crippen molar-refractivity contribution in [2.75, 3.05) is 31.5 Å². The lowest BCUT2D eigenvalue weighted by Crippen LogP contribution is -2.26. The van der Waals surface area contributed by atoms with Gasteiger partial charge in [0.05, 0.1) is 5.52 Å². The van der Waals surface area contributed by atoms with Crippen molar-refractivity contribution < 1.29 is 0 Å². The molecule has 24 heavy (non-hydrogen) atoms. The molecule has 1 fully saturated rings. The third-order valence-electron chi connectivity index (χ3n) is 4.44. The van der Waals surface area contributed by atoms with Crippen LogP contribution in [0.5, 0.6) is 0 Å². The monoisotopic (exact) mass is 319 g/mol. The second-order valence-corrected chi connectivity index (χ2v) is 6.13. The summed E-state index contributed by atoms with van der Waals surface area (Å²) in [7, 11) is 0. The minimum Gasteiger partial charge on any atom is -0.368 e. The molecule has 0 saturated carbocycles. The van der Waals surface area contributed by atoms with Gasteiger partial charge in [-0.3, -0.25) is 4.98 Å². The first-order valence-corrected chi connectivity index (χ1v) is 8.53. The number of benzene rings is 1.